The van der Waals surface area contributed by atoms with Crippen molar-refractivity contribution in [2.45, 2.75) is 52.4 Å². The molecule has 0 aromatic carbocycles. The van der Waals surface area contributed by atoms with Gasteiger partial charge in [-0.3, -0.25) is 4.79 Å². The van der Waals surface area contributed by atoms with Crippen molar-refractivity contribution in [3.63, 3.8) is 0 Å². The molecule has 0 aromatic heterocycles. The first-order valence-electron chi connectivity index (χ1n) is 6.39. The maximum absolute atomic E-state index is 11.4. The van der Waals surface area contributed by atoms with Crippen LogP contribution in [0.25, 0.3) is 0 Å². The number of carbonyl (C=O) groups excluding carboxylic acids is 1. The fourth-order valence-electron chi connectivity index (χ4n) is 2.30. The molecule has 1 atom stereocenters. The summed E-state index contributed by atoms with van der Waals surface area (Å²) in [5.41, 5.74) is 1.46. The van der Waals surface area contributed by atoms with E-state index in [-0.39, 0.29) is 11.9 Å². The maximum atomic E-state index is 11.4. The molecule has 0 heterocycles. The number of esters is 1. The Hall–Kier alpha value is -0.790. The van der Waals surface area contributed by atoms with E-state index in [0.717, 1.165) is 31.6 Å². The zero-order valence-corrected chi connectivity index (χ0v) is 10.8. The Morgan fingerprint density at radius 1 is 1.56 bits per heavy atom. The molecule has 2 nitrogen and oxygen atoms in total. The molecular weight excluding hydrogens is 200 g/mol. The first kappa shape index (κ1) is 13.3. The number of carbonyl (C=O) groups is 1. The summed E-state index contributed by atoms with van der Waals surface area (Å²) in [5.74, 6) is 0.860. The van der Waals surface area contributed by atoms with E-state index in [0.29, 0.717) is 0 Å². The molecular formula is C14H24O2. The molecule has 16 heavy (non-hydrogen) atoms. The van der Waals surface area contributed by atoms with Crippen molar-refractivity contribution in [2.75, 3.05) is 7.11 Å². The Kier molecular flexibility index (Phi) is 5.58. The summed E-state index contributed by atoms with van der Waals surface area (Å²) in [7, 11) is 1.49. The van der Waals surface area contributed by atoms with Crippen LogP contribution in [0.2, 0.25) is 0 Å². The third kappa shape index (κ3) is 4.38. The van der Waals surface area contributed by atoms with E-state index in [2.05, 4.69) is 19.9 Å². The van der Waals surface area contributed by atoms with Gasteiger partial charge >= 0.3 is 5.97 Å². The first-order chi connectivity index (χ1) is 7.63. The van der Waals surface area contributed by atoms with Crippen LogP contribution in [0.1, 0.15) is 52.4 Å². The molecule has 1 unspecified atom stereocenters. The second-order valence-electron chi connectivity index (χ2n) is 5.15. The summed E-state index contributed by atoms with van der Waals surface area (Å²) in [5, 5.41) is 0. The SMILES string of the molecule is COC(=O)C1CCC=C(CCCC(C)C)C1. The molecule has 0 N–H and O–H groups in total. The van der Waals surface area contributed by atoms with Crippen LogP contribution in [-0.2, 0) is 9.53 Å². The van der Waals surface area contributed by atoms with E-state index in [9.17, 15) is 4.79 Å². The lowest BCUT2D eigenvalue weighted by molar-refractivity contribution is -0.145. The van der Waals surface area contributed by atoms with Gasteiger partial charge in [-0.25, -0.2) is 0 Å². The molecule has 0 amide bonds. The number of allylic oxidation sites excluding steroid dienone is 2. The normalized spacial score (nSPS) is 20.8. The Balaban J connectivity index is 2.32. The van der Waals surface area contributed by atoms with Gasteiger partial charge in [0.15, 0.2) is 0 Å². The van der Waals surface area contributed by atoms with Gasteiger partial charge in [-0.2, -0.15) is 0 Å². The fourth-order valence-corrected chi connectivity index (χ4v) is 2.30. The Morgan fingerprint density at radius 3 is 2.94 bits per heavy atom. The minimum atomic E-state index is -0.0329. The summed E-state index contributed by atoms with van der Waals surface area (Å²) in [4.78, 5) is 11.4. The van der Waals surface area contributed by atoms with Crippen molar-refractivity contribution in [3.05, 3.63) is 11.6 Å². The van der Waals surface area contributed by atoms with Gasteiger partial charge in [0.05, 0.1) is 13.0 Å². The number of rotatable bonds is 5. The van der Waals surface area contributed by atoms with Crippen LogP contribution in [0.4, 0.5) is 0 Å². The molecule has 0 fully saturated rings. The molecule has 0 saturated heterocycles. The average molecular weight is 224 g/mol. The molecule has 0 aromatic rings. The van der Waals surface area contributed by atoms with Crippen molar-refractivity contribution in [1.29, 1.82) is 0 Å². The van der Waals surface area contributed by atoms with Gasteiger partial charge < -0.3 is 4.74 Å². The van der Waals surface area contributed by atoms with Gasteiger partial charge in [-0.15, -0.1) is 0 Å². The molecule has 92 valence electrons. The fraction of sp³-hybridized carbons (Fsp3) is 0.786. The molecule has 1 aliphatic rings. The van der Waals surface area contributed by atoms with Crippen LogP contribution in [0, 0.1) is 11.8 Å². The largest absolute Gasteiger partial charge is 0.469 e. The van der Waals surface area contributed by atoms with Crippen LogP contribution in [-0.4, -0.2) is 13.1 Å². The van der Waals surface area contributed by atoms with E-state index in [4.69, 9.17) is 4.74 Å². The molecule has 0 spiro atoms. The van der Waals surface area contributed by atoms with Crippen molar-refractivity contribution >= 4 is 5.97 Å². The summed E-state index contributed by atoms with van der Waals surface area (Å²) >= 11 is 0. The summed E-state index contributed by atoms with van der Waals surface area (Å²) in [6, 6.07) is 0. The Bertz CT molecular complexity index is 253. The zero-order chi connectivity index (χ0) is 12.0. The highest BCUT2D eigenvalue weighted by Crippen LogP contribution is 2.28. The predicted molar refractivity (Wildman–Crippen MR) is 66.1 cm³/mol. The number of methoxy groups -OCH3 is 1. The third-order valence-corrected chi connectivity index (χ3v) is 3.27. The van der Waals surface area contributed by atoms with Gasteiger partial charge in [-0.05, 0) is 38.0 Å². The lowest BCUT2D eigenvalue weighted by Gasteiger charge is -2.20. The van der Waals surface area contributed by atoms with Crippen LogP contribution in [0.5, 0.6) is 0 Å². The van der Waals surface area contributed by atoms with E-state index in [1.165, 1.54) is 25.5 Å². The topological polar surface area (TPSA) is 26.3 Å². The highest BCUT2D eigenvalue weighted by Gasteiger charge is 2.22. The van der Waals surface area contributed by atoms with E-state index in [1.54, 1.807) is 0 Å². The quantitative estimate of drug-likeness (QED) is 0.525. The average Bonchev–Trinajstić information content (AvgIpc) is 2.28. The second kappa shape index (κ2) is 6.72. The highest BCUT2D eigenvalue weighted by molar-refractivity contribution is 5.72. The minimum Gasteiger partial charge on any atom is -0.469 e. The lowest BCUT2D eigenvalue weighted by Crippen LogP contribution is -2.19. The molecule has 0 radical (unpaired) electrons. The first-order valence-corrected chi connectivity index (χ1v) is 6.39. The smallest absolute Gasteiger partial charge is 0.308 e. The number of ether oxygens (including phenoxy) is 1. The van der Waals surface area contributed by atoms with Crippen LogP contribution >= 0.6 is 0 Å². The number of hydrogen-bond donors (Lipinski definition) is 0. The van der Waals surface area contributed by atoms with Gasteiger partial charge in [0.2, 0.25) is 0 Å². The van der Waals surface area contributed by atoms with Crippen molar-refractivity contribution in [2.24, 2.45) is 11.8 Å². The van der Waals surface area contributed by atoms with Gasteiger partial charge in [0.25, 0.3) is 0 Å². The molecule has 1 aliphatic carbocycles. The summed E-state index contributed by atoms with van der Waals surface area (Å²) in [6.07, 6.45) is 8.92. The van der Waals surface area contributed by atoms with E-state index < -0.39 is 0 Å². The minimum absolute atomic E-state index is 0.0329. The molecule has 0 aliphatic heterocycles. The Morgan fingerprint density at radius 2 is 2.31 bits per heavy atom. The van der Waals surface area contributed by atoms with Crippen molar-refractivity contribution < 1.29 is 9.53 Å². The molecule has 0 bridgehead atoms. The molecule has 0 saturated carbocycles. The van der Waals surface area contributed by atoms with E-state index >= 15 is 0 Å². The van der Waals surface area contributed by atoms with E-state index in [1.807, 2.05) is 0 Å². The van der Waals surface area contributed by atoms with Crippen LogP contribution in [0.3, 0.4) is 0 Å². The molecule has 2 heteroatoms. The van der Waals surface area contributed by atoms with Crippen LogP contribution < -0.4 is 0 Å². The zero-order valence-electron chi connectivity index (χ0n) is 10.8. The standard InChI is InChI=1S/C14H24O2/c1-11(2)6-4-7-12-8-5-9-13(10-12)14(15)16-3/h8,11,13H,4-7,9-10H2,1-3H3. The summed E-state index contributed by atoms with van der Waals surface area (Å²) in [6.45, 7) is 4.51. The lowest BCUT2D eigenvalue weighted by atomic mass is 9.86. The maximum Gasteiger partial charge on any atom is 0.308 e. The Labute approximate surface area is 99.1 Å². The van der Waals surface area contributed by atoms with Gasteiger partial charge in [0, 0.05) is 0 Å². The van der Waals surface area contributed by atoms with Crippen LogP contribution in [0.15, 0.2) is 11.6 Å². The predicted octanol–water partition coefficient (Wildman–Crippen LogP) is 3.71. The summed E-state index contributed by atoms with van der Waals surface area (Å²) < 4.78 is 4.81. The highest BCUT2D eigenvalue weighted by atomic mass is 16.5. The number of hydrogen-bond acceptors (Lipinski definition) is 2. The third-order valence-electron chi connectivity index (χ3n) is 3.27. The van der Waals surface area contributed by atoms with Crippen molar-refractivity contribution in [1.82, 2.24) is 0 Å². The van der Waals surface area contributed by atoms with Gasteiger partial charge in [0.1, 0.15) is 0 Å². The van der Waals surface area contributed by atoms with Gasteiger partial charge in [-0.1, -0.05) is 31.9 Å². The monoisotopic (exact) mass is 224 g/mol. The second-order valence-corrected chi connectivity index (χ2v) is 5.15. The van der Waals surface area contributed by atoms with Crippen molar-refractivity contribution in [3.8, 4) is 0 Å². The molecule has 1 rings (SSSR count).